The molecule has 2 saturated heterocycles. The molecule has 0 N–H and O–H groups in total. The van der Waals surface area contributed by atoms with Gasteiger partial charge in [-0.15, -0.1) is 0 Å². The van der Waals surface area contributed by atoms with Gasteiger partial charge in [0.05, 0.1) is 17.8 Å². The molecule has 1 spiro atoms. The van der Waals surface area contributed by atoms with Gasteiger partial charge in [0.15, 0.2) is 5.78 Å². The van der Waals surface area contributed by atoms with Crippen LogP contribution in [0.4, 0.5) is 0 Å². The van der Waals surface area contributed by atoms with Crippen molar-refractivity contribution in [3.63, 3.8) is 0 Å². The van der Waals surface area contributed by atoms with E-state index in [9.17, 15) is 4.79 Å². The molecule has 2 saturated carbocycles. The predicted octanol–water partition coefficient (Wildman–Crippen LogP) is 4.54. The maximum Gasteiger partial charge on any atom is 0.162 e. The van der Waals surface area contributed by atoms with Crippen molar-refractivity contribution in [2.24, 2.45) is 22.7 Å². The van der Waals surface area contributed by atoms with E-state index in [2.05, 4.69) is 44.2 Å². The second-order valence-electron chi connectivity index (χ2n) is 9.28. The van der Waals surface area contributed by atoms with Crippen molar-refractivity contribution in [1.29, 1.82) is 5.26 Å². The summed E-state index contributed by atoms with van der Waals surface area (Å²) >= 11 is 0. The second-order valence-corrected chi connectivity index (χ2v) is 9.28. The van der Waals surface area contributed by atoms with Crippen molar-refractivity contribution in [2.45, 2.75) is 57.7 Å². The highest BCUT2D eigenvalue weighted by Gasteiger charge is 2.73. The number of benzene rings is 1. The normalized spacial score (nSPS) is 45.3. The number of carbonyl (C=O) groups excluding carboxylic acids is 1. The quantitative estimate of drug-likeness (QED) is 0.807. The lowest BCUT2D eigenvalue weighted by atomic mass is 9.48. The van der Waals surface area contributed by atoms with Crippen LogP contribution in [0.5, 0.6) is 0 Å². The maximum atomic E-state index is 13.3. The standard InChI is InChI=1S/C23H25NO2/c1-21(9-6-10-24)19(25)12-17(15-7-4-3-5-8-15)23-13-16-11-18(20(21)23)26-22(16,2)14-23/h3-5,7-8,12,16,18,20H,6,9,11,13-14H2,1-2H3/t16?,18?,20?,21-,22?,23?/m1/s1. The Kier molecular flexibility index (Phi) is 3.18. The number of rotatable bonds is 3. The third kappa shape index (κ3) is 1.84. The third-order valence-corrected chi connectivity index (χ3v) is 7.95. The molecule has 4 fully saturated rings. The highest BCUT2D eigenvalue weighted by molar-refractivity contribution is 6.04. The van der Waals surface area contributed by atoms with Crippen molar-refractivity contribution in [1.82, 2.24) is 0 Å². The Morgan fingerprint density at radius 2 is 2.04 bits per heavy atom. The van der Waals surface area contributed by atoms with Crippen molar-refractivity contribution in [3.8, 4) is 6.07 Å². The van der Waals surface area contributed by atoms with Gasteiger partial charge < -0.3 is 4.74 Å². The number of nitrogens with zero attached hydrogens (tertiary/aromatic N) is 1. The predicted molar refractivity (Wildman–Crippen MR) is 98.9 cm³/mol. The molecule has 26 heavy (non-hydrogen) atoms. The average Bonchev–Trinajstić information content (AvgIpc) is 2.99. The summed E-state index contributed by atoms with van der Waals surface area (Å²) in [5, 5.41) is 9.16. The summed E-state index contributed by atoms with van der Waals surface area (Å²) in [4.78, 5) is 13.3. The smallest absolute Gasteiger partial charge is 0.162 e. The van der Waals surface area contributed by atoms with E-state index in [1.165, 1.54) is 11.1 Å². The zero-order chi connectivity index (χ0) is 18.2. The second kappa shape index (κ2) is 5.08. The van der Waals surface area contributed by atoms with Crippen LogP contribution in [-0.2, 0) is 9.53 Å². The van der Waals surface area contributed by atoms with Gasteiger partial charge in [0.2, 0.25) is 0 Å². The number of allylic oxidation sites excluding steroid dienone is 2. The van der Waals surface area contributed by atoms with Crippen LogP contribution in [0.2, 0.25) is 0 Å². The van der Waals surface area contributed by atoms with Gasteiger partial charge in [0.1, 0.15) is 0 Å². The number of ketones is 1. The van der Waals surface area contributed by atoms with Crippen molar-refractivity contribution < 1.29 is 9.53 Å². The topological polar surface area (TPSA) is 50.1 Å². The molecule has 0 radical (unpaired) electrons. The summed E-state index contributed by atoms with van der Waals surface area (Å²) in [6.45, 7) is 4.36. The van der Waals surface area contributed by atoms with E-state index in [1.807, 2.05) is 12.1 Å². The molecule has 2 aliphatic heterocycles. The minimum absolute atomic E-state index is 0.0139. The van der Waals surface area contributed by atoms with E-state index in [0.29, 0.717) is 18.8 Å². The van der Waals surface area contributed by atoms with Gasteiger partial charge in [0, 0.05) is 23.2 Å². The van der Waals surface area contributed by atoms with Crippen LogP contribution in [0.1, 0.15) is 51.5 Å². The molecule has 134 valence electrons. The molecule has 0 amide bonds. The molecule has 0 aromatic heterocycles. The fourth-order valence-corrected chi connectivity index (χ4v) is 7.01. The molecule has 1 aromatic rings. The largest absolute Gasteiger partial charge is 0.371 e. The number of ether oxygens (including phenoxy) is 1. The van der Waals surface area contributed by atoms with Gasteiger partial charge in [-0.3, -0.25) is 4.79 Å². The molecule has 5 unspecified atom stereocenters. The van der Waals surface area contributed by atoms with Crippen LogP contribution in [0, 0.1) is 34.0 Å². The first-order chi connectivity index (χ1) is 12.4. The van der Waals surface area contributed by atoms with E-state index in [1.54, 1.807) is 0 Å². The van der Waals surface area contributed by atoms with E-state index in [-0.39, 0.29) is 28.8 Å². The van der Waals surface area contributed by atoms with Crippen LogP contribution in [-0.4, -0.2) is 17.5 Å². The zero-order valence-electron chi connectivity index (χ0n) is 15.5. The first kappa shape index (κ1) is 16.3. The fraction of sp³-hybridized carbons (Fsp3) is 0.565. The molecule has 2 heterocycles. The van der Waals surface area contributed by atoms with Crippen LogP contribution in [0.25, 0.3) is 5.57 Å². The minimum Gasteiger partial charge on any atom is -0.371 e. The number of carbonyl (C=O) groups is 1. The Labute approximate surface area is 155 Å². The molecule has 3 aliphatic carbocycles. The summed E-state index contributed by atoms with van der Waals surface area (Å²) in [5.41, 5.74) is 1.88. The molecule has 6 atom stereocenters. The zero-order valence-corrected chi connectivity index (χ0v) is 15.5. The first-order valence-electron chi connectivity index (χ1n) is 9.80. The van der Waals surface area contributed by atoms with Gasteiger partial charge in [0.25, 0.3) is 0 Å². The van der Waals surface area contributed by atoms with Crippen molar-refractivity contribution >= 4 is 11.4 Å². The van der Waals surface area contributed by atoms with Crippen LogP contribution in [0.3, 0.4) is 0 Å². The van der Waals surface area contributed by atoms with Crippen molar-refractivity contribution in [2.75, 3.05) is 0 Å². The summed E-state index contributed by atoms with van der Waals surface area (Å²) < 4.78 is 6.55. The molecule has 3 heteroatoms. The van der Waals surface area contributed by atoms with Crippen molar-refractivity contribution in [3.05, 3.63) is 42.0 Å². The van der Waals surface area contributed by atoms with Gasteiger partial charge in [-0.1, -0.05) is 37.3 Å². The van der Waals surface area contributed by atoms with E-state index in [4.69, 9.17) is 10.00 Å². The van der Waals surface area contributed by atoms with E-state index in [0.717, 1.165) is 19.3 Å². The van der Waals surface area contributed by atoms with Gasteiger partial charge in [-0.05, 0) is 55.7 Å². The molecule has 3 nitrogen and oxygen atoms in total. The highest BCUT2D eigenvalue weighted by atomic mass is 16.5. The molecule has 6 rings (SSSR count). The Morgan fingerprint density at radius 1 is 1.27 bits per heavy atom. The average molecular weight is 347 g/mol. The first-order valence-corrected chi connectivity index (χ1v) is 9.80. The minimum atomic E-state index is -0.491. The van der Waals surface area contributed by atoms with Crippen LogP contribution >= 0.6 is 0 Å². The summed E-state index contributed by atoms with van der Waals surface area (Å²) in [7, 11) is 0. The van der Waals surface area contributed by atoms with Gasteiger partial charge in [-0.2, -0.15) is 5.26 Å². The highest BCUT2D eigenvalue weighted by Crippen LogP contribution is 2.74. The summed E-state index contributed by atoms with van der Waals surface area (Å²) in [6.07, 6.45) is 6.32. The molecule has 4 bridgehead atoms. The van der Waals surface area contributed by atoms with Crippen LogP contribution < -0.4 is 0 Å². The molecular weight excluding hydrogens is 322 g/mol. The molecular formula is C23H25NO2. The van der Waals surface area contributed by atoms with E-state index >= 15 is 0 Å². The Balaban J connectivity index is 1.71. The SMILES string of the molecule is CC12CC34CC1CC(O2)C3[C@](C)(CCC#N)C(=O)C=C4c1ccccc1. The maximum absolute atomic E-state index is 13.3. The Bertz CT molecular complexity index is 853. The number of hydrogen-bond acceptors (Lipinski definition) is 3. The van der Waals surface area contributed by atoms with Crippen LogP contribution in [0.15, 0.2) is 36.4 Å². The number of hydrogen-bond donors (Lipinski definition) is 0. The Morgan fingerprint density at radius 3 is 2.73 bits per heavy atom. The molecule has 5 aliphatic rings. The Hall–Kier alpha value is -1.92. The third-order valence-electron chi connectivity index (χ3n) is 7.95. The summed E-state index contributed by atoms with van der Waals surface area (Å²) in [5.74, 6) is 0.956. The fourth-order valence-electron chi connectivity index (χ4n) is 7.01. The lowest BCUT2D eigenvalue weighted by molar-refractivity contribution is -0.166. The van der Waals surface area contributed by atoms with Gasteiger partial charge >= 0.3 is 0 Å². The summed E-state index contributed by atoms with van der Waals surface area (Å²) in [6, 6.07) is 12.7. The van der Waals surface area contributed by atoms with E-state index < -0.39 is 5.41 Å². The lowest BCUT2D eigenvalue weighted by Crippen LogP contribution is -2.57. The number of nitriles is 1. The molecule has 1 aromatic carbocycles. The van der Waals surface area contributed by atoms with Gasteiger partial charge in [-0.25, -0.2) is 0 Å². The lowest BCUT2D eigenvalue weighted by Gasteiger charge is -2.57. The monoisotopic (exact) mass is 347 g/mol.